The predicted octanol–water partition coefficient (Wildman–Crippen LogP) is 2.51. The van der Waals surface area contributed by atoms with Gasteiger partial charge in [0.05, 0.1) is 18.4 Å². The van der Waals surface area contributed by atoms with Crippen LogP contribution in [0.5, 0.6) is 0 Å². The number of benzene rings is 1. The number of nitrogens with zero attached hydrogens (tertiary/aromatic N) is 2. The van der Waals surface area contributed by atoms with Crippen molar-refractivity contribution >= 4 is 5.91 Å². The Balaban J connectivity index is 1.56. The molecule has 6 heteroatoms. The summed E-state index contributed by atoms with van der Waals surface area (Å²) in [5.41, 5.74) is -0.320. The molecule has 1 amide bonds. The monoisotopic (exact) mass is 343 g/mol. The average molecular weight is 343 g/mol. The summed E-state index contributed by atoms with van der Waals surface area (Å²) in [4.78, 5) is 16.4. The molecule has 0 aliphatic heterocycles. The molecule has 2 N–H and O–H groups in total. The molecule has 0 spiro atoms. The quantitative estimate of drug-likeness (QED) is 0.841. The van der Waals surface area contributed by atoms with E-state index in [1.807, 2.05) is 30.3 Å². The molecule has 1 aliphatic rings. The number of amides is 1. The van der Waals surface area contributed by atoms with Crippen LogP contribution >= 0.6 is 0 Å². The van der Waals surface area contributed by atoms with Gasteiger partial charge in [0.15, 0.2) is 5.82 Å². The van der Waals surface area contributed by atoms with Crippen LogP contribution in [-0.4, -0.2) is 27.2 Å². The highest BCUT2D eigenvalue weighted by Crippen LogP contribution is 2.24. The van der Waals surface area contributed by atoms with Gasteiger partial charge in [-0.05, 0) is 25.3 Å². The maximum absolute atomic E-state index is 12.1. The van der Waals surface area contributed by atoms with Crippen LogP contribution in [0, 0.1) is 0 Å². The molecule has 1 heterocycles. The van der Waals surface area contributed by atoms with Gasteiger partial charge in [-0.1, -0.05) is 54.8 Å². The topological polar surface area (TPSA) is 88.3 Å². The first-order valence-corrected chi connectivity index (χ1v) is 8.92. The lowest BCUT2D eigenvalue weighted by atomic mass is 9.93. The summed E-state index contributed by atoms with van der Waals surface area (Å²) in [6.07, 6.45) is 5.99. The second kappa shape index (κ2) is 7.78. The molecular formula is C19H25N3O3. The van der Waals surface area contributed by atoms with E-state index in [-0.39, 0.29) is 24.8 Å². The highest BCUT2D eigenvalue weighted by molar-refractivity contribution is 5.78. The minimum atomic E-state index is -1.10. The van der Waals surface area contributed by atoms with Crippen LogP contribution in [-0.2, 0) is 23.2 Å². The normalized spacial score (nSPS) is 17.8. The summed E-state index contributed by atoms with van der Waals surface area (Å²) in [6, 6.07) is 9.63. The minimum Gasteiger partial charge on any atom is -0.385 e. The number of nitrogens with one attached hydrogen (secondary N) is 1. The second-order valence-electron chi connectivity index (χ2n) is 7.00. The molecular weight excluding hydrogens is 318 g/mol. The molecule has 6 nitrogen and oxygen atoms in total. The van der Waals surface area contributed by atoms with E-state index in [4.69, 9.17) is 4.52 Å². The largest absolute Gasteiger partial charge is 0.385 e. The number of rotatable bonds is 6. The van der Waals surface area contributed by atoms with Gasteiger partial charge in [-0.2, -0.15) is 4.98 Å². The number of carbonyl (C=O) groups excluding carboxylic acids is 1. The first-order chi connectivity index (χ1) is 12.0. The third-order valence-electron chi connectivity index (χ3n) is 4.69. The van der Waals surface area contributed by atoms with Gasteiger partial charge >= 0.3 is 0 Å². The van der Waals surface area contributed by atoms with Crippen LogP contribution in [0.15, 0.2) is 34.9 Å². The Labute approximate surface area is 147 Å². The molecule has 0 bridgehead atoms. The van der Waals surface area contributed by atoms with Gasteiger partial charge in [-0.3, -0.25) is 4.79 Å². The molecule has 3 rings (SSSR count). The number of aromatic nitrogens is 2. The van der Waals surface area contributed by atoms with Crippen LogP contribution in [0.4, 0.5) is 0 Å². The number of carbonyl (C=O) groups is 1. The lowest BCUT2D eigenvalue weighted by Crippen LogP contribution is -2.37. The fourth-order valence-electron chi connectivity index (χ4n) is 3.30. The molecule has 0 saturated heterocycles. The van der Waals surface area contributed by atoms with Crippen molar-refractivity contribution in [2.45, 2.75) is 63.5 Å². The predicted molar refractivity (Wildman–Crippen MR) is 92.7 cm³/mol. The van der Waals surface area contributed by atoms with E-state index in [0.717, 1.165) is 18.4 Å². The highest BCUT2D eigenvalue weighted by Gasteiger charge is 2.27. The van der Waals surface area contributed by atoms with E-state index in [1.165, 1.54) is 19.3 Å². The van der Waals surface area contributed by atoms with Crippen LogP contribution in [0.3, 0.4) is 0 Å². The summed E-state index contributed by atoms with van der Waals surface area (Å²) in [6.45, 7) is 1.71. The number of hydrogen-bond acceptors (Lipinski definition) is 5. The van der Waals surface area contributed by atoms with Crippen molar-refractivity contribution in [3.63, 3.8) is 0 Å². The van der Waals surface area contributed by atoms with Crippen molar-refractivity contribution in [3.8, 4) is 0 Å². The molecule has 1 saturated carbocycles. The smallest absolute Gasteiger partial charge is 0.229 e. The van der Waals surface area contributed by atoms with Gasteiger partial charge in [-0.15, -0.1) is 0 Å². The zero-order valence-electron chi connectivity index (χ0n) is 14.6. The van der Waals surface area contributed by atoms with Crippen molar-refractivity contribution in [2.75, 3.05) is 0 Å². The van der Waals surface area contributed by atoms with Crippen molar-refractivity contribution in [1.82, 2.24) is 15.5 Å². The zero-order chi connectivity index (χ0) is 17.7. The Hall–Kier alpha value is -2.21. The van der Waals surface area contributed by atoms with Crippen molar-refractivity contribution in [2.24, 2.45) is 0 Å². The minimum absolute atomic E-state index is 0.0749. The second-order valence-corrected chi connectivity index (χ2v) is 7.00. The highest BCUT2D eigenvalue weighted by atomic mass is 16.5. The zero-order valence-corrected chi connectivity index (χ0v) is 14.6. The van der Waals surface area contributed by atoms with Gasteiger partial charge in [0, 0.05) is 6.04 Å². The average Bonchev–Trinajstić information content (AvgIpc) is 3.02. The standard InChI is InChI=1S/C19H25N3O3/c1-19(24,14-8-4-2-5-9-14)13-18-21-16(22-25-18)12-17(23)20-15-10-6-3-7-11-15/h2,4-5,8-9,15,24H,3,6-7,10-13H2,1H3,(H,20,23). The van der Waals surface area contributed by atoms with E-state index < -0.39 is 5.60 Å². The van der Waals surface area contributed by atoms with Gasteiger partial charge in [0.25, 0.3) is 0 Å². The van der Waals surface area contributed by atoms with Gasteiger partial charge in [0.1, 0.15) is 0 Å². The molecule has 1 aliphatic carbocycles. The van der Waals surface area contributed by atoms with E-state index in [2.05, 4.69) is 15.5 Å². The van der Waals surface area contributed by atoms with Crippen LogP contribution in [0.25, 0.3) is 0 Å². The Bertz CT molecular complexity index is 691. The molecule has 1 unspecified atom stereocenters. The summed E-state index contributed by atoms with van der Waals surface area (Å²) < 4.78 is 5.21. The summed E-state index contributed by atoms with van der Waals surface area (Å²) in [5.74, 6) is 0.607. The maximum Gasteiger partial charge on any atom is 0.229 e. The Morgan fingerprint density at radius 2 is 2.00 bits per heavy atom. The first-order valence-electron chi connectivity index (χ1n) is 8.92. The fourth-order valence-corrected chi connectivity index (χ4v) is 3.30. The summed E-state index contributed by atoms with van der Waals surface area (Å²) in [5, 5.41) is 17.5. The first kappa shape index (κ1) is 17.6. The van der Waals surface area contributed by atoms with E-state index in [1.54, 1.807) is 6.92 Å². The third kappa shape index (κ3) is 4.89. The lowest BCUT2D eigenvalue weighted by Gasteiger charge is -2.22. The molecule has 1 aromatic carbocycles. The number of hydrogen-bond donors (Lipinski definition) is 2. The fraction of sp³-hybridized carbons (Fsp3) is 0.526. The lowest BCUT2D eigenvalue weighted by molar-refractivity contribution is -0.121. The SMILES string of the molecule is CC(O)(Cc1nc(CC(=O)NC2CCCCC2)no1)c1ccccc1. The van der Waals surface area contributed by atoms with Gasteiger partial charge < -0.3 is 14.9 Å². The third-order valence-corrected chi connectivity index (χ3v) is 4.69. The molecule has 1 aromatic heterocycles. The molecule has 25 heavy (non-hydrogen) atoms. The Kier molecular flexibility index (Phi) is 5.48. The molecule has 134 valence electrons. The number of aliphatic hydroxyl groups is 1. The van der Waals surface area contributed by atoms with E-state index in [0.29, 0.717) is 11.7 Å². The Morgan fingerprint density at radius 1 is 1.28 bits per heavy atom. The van der Waals surface area contributed by atoms with E-state index in [9.17, 15) is 9.90 Å². The molecule has 1 atom stereocenters. The summed E-state index contributed by atoms with van der Waals surface area (Å²) in [7, 11) is 0. The van der Waals surface area contributed by atoms with Crippen LogP contribution in [0.2, 0.25) is 0 Å². The van der Waals surface area contributed by atoms with Gasteiger partial charge in [-0.25, -0.2) is 0 Å². The van der Waals surface area contributed by atoms with Crippen molar-refractivity contribution in [1.29, 1.82) is 0 Å². The van der Waals surface area contributed by atoms with Crippen LogP contribution in [0.1, 0.15) is 56.3 Å². The molecule has 1 fully saturated rings. The van der Waals surface area contributed by atoms with Crippen molar-refractivity contribution < 1.29 is 14.4 Å². The van der Waals surface area contributed by atoms with Crippen molar-refractivity contribution in [3.05, 3.63) is 47.6 Å². The van der Waals surface area contributed by atoms with Crippen LogP contribution < -0.4 is 5.32 Å². The Morgan fingerprint density at radius 3 is 2.72 bits per heavy atom. The maximum atomic E-state index is 12.1. The summed E-state index contributed by atoms with van der Waals surface area (Å²) >= 11 is 0. The van der Waals surface area contributed by atoms with Gasteiger partial charge in [0.2, 0.25) is 11.8 Å². The van der Waals surface area contributed by atoms with E-state index >= 15 is 0 Å². The molecule has 2 aromatic rings. The molecule has 0 radical (unpaired) electrons.